The molecule has 0 saturated heterocycles. The lowest BCUT2D eigenvalue weighted by molar-refractivity contribution is 0.249. The number of hydrogen-bond donors (Lipinski definition) is 2. The Morgan fingerprint density at radius 3 is 2.85 bits per heavy atom. The smallest absolute Gasteiger partial charge is 0.486 e. The van der Waals surface area contributed by atoms with Crippen molar-refractivity contribution in [3.05, 3.63) is 22.2 Å². The van der Waals surface area contributed by atoms with E-state index in [2.05, 4.69) is 0 Å². The summed E-state index contributed by atoms with van der Waals surface area (Å²) in [5.74, 6) is -3.11. The third kappa shape index (κ3) is 2.45. The first kappa shape index (κ1) is 15.0. The number of benzene rings is 1. The van der Waals surface area contributed by atoms with E-state index in [1.165, 1.54) is 6.92 Å². The summed E-state index contributed by atoms with van der Waals surface area (Å²) in [6.45, 7) is 0.682. The van der Waals surface area contributed by atoms with Gasteiger partial charge in [-0.15, -0.1) is 0 Å². The number of halogens is 3. The third-order valence-corrected chi connectivity index (χ3v) is 3.20. The number of ether oxygens (including phenoxy) is 1. The van der Waals surface area contributed by atoms with Gasteiger partial charge in [-0.1, -0.05) is 11.6 Å². The molecule has 0 radical (unpaired) electrons. The Hall–Kier alpha value is -1.40. The predicted octanol–water partition coefficient (Wildman–Crippen LogP) is 0.456. The molecule has 1 atom stereocenters. The number of rotatable bonds is 3. The minimum Gasteiger partial charge on any atom is -0.486 e. The van der Waals surface area contributed by atoms with Crippen LogP contribution in [0.15, 0.2) is 0 Å². The highest BCUT2D eigenvalue weighted by Gasteiger charge is 2.37. The molecule has 0 amide bonds. The standard InChI is InChI=1S/C11H10BClF2N2O3/c1-11(17,3-16)4-19-10-7(13)6-5(2-20-12(6)18)8(14)9(10)15/h18H,2,4,17H2,1H3/t11-/m1/s1. The van der Waals surface area contributed by atoms with Gasteiger partial charge in [-0.3, -0.25) is 0 Å². The van der Waals surface area contributed by atoms with Crippen LogP contribution in [0, 0.1) is 23.0 Å². The van der Waals surface area contributed by atoms with Gasteiger partial charge in [0.05, 0.1) is 17.7 Å². The molecule has 3 N–H and O–H groups in total. The Labute approximate surface area is 119 Å². The molecule has 2 rings (SSSR count). The van der Waals surface area contributed by atoms with Crippen molar-refractivity contribution in [1.29, 1.82) is 5.26 Å². The largest absolute Gasteiger partial charge is 0.493 e. The topological polar surface area (TPSA) is 88.5 Å². The van der Waals surface area contributed by atoms with Gasteiger partial charge in [-0.25, -0.2) is 4.39 Å². The molecule has 1 heterocycles. The van der Waals surface area contributed by atoms with Crippen molar-refractivity contribution in [2.45, 2.75) is 19.1 Å². The molecule has 0 unspecified atom stereocenters. The molecule has 0 bridgehead atoms. The number of nitriles is 1. The summed E-state index contributed by atoms with van der Waals surface area (Å²) in [7, 11) is -1.45. The summed E-state index contributed by atoms with van der Waals surface area (Å²) in [6.07, 6.45) is 0. The van der Waals surface area contributed by atoms with Crippen molar-refractivity contribution in [1.82, 2.24) is 0 Å². The Balaban J connectivity index is 2.43. The number of nitrogens with two attached hydrogens (primary N) is 1. The van der Waals surface area contributed by atoms with Crippen LogP contribution in [0.25, 0.3) is 0 Å². The fourth-order valence-electron chi connectivity index (χ4n) is 1.73. The second-order valence-electron chi connectivity index (χ2n) is 4.64. The molecular formula is C11H10BClF2N2O3. The molecule has 0 fully saturated rings. The minimum absolute atomic E-state index is 0.0729. The number of hydrogen-bond acceptors (Lipinski definition) is 5. The predicted molar refractivity (Wildman–Crippen MR) is 67.5 cm³/mol. The lowest BCUT2D eigenvalue weighted by atomic mass is 9.79. The van der Waals surface area contributed by atoms with Gasteiger partial charge < -0.3 is 20.1 Å². The molecule has 0 spiro atoms. The maximum atomic E-state index is 13.9. The molecular weight excluding hydrogens is 292 g/mol. The Morgan fingerprint density at radius 1 is 1.60 bits per heavy atom. The van der Waals surface area contributed by atoms with Crippen LogP contribution in [0.2, 0.25) is 5.02 Å². The Bertz CT molecular complexity index is 607. The highest BCUT2D eigenvalue weighted by Crippen LogP contribution is 2.33. The van der Waals surface area contributed by atoms with Crippen molar-refractivity contribution in [3.8, 4) is 11.8 Å². The fraction of sp³-hybridized carbons (Fsp3) is 0.364. The highest BCUT2D eigenvalue weighted by atomic mass is 35.5. The molecule has 0 aromatic heterocycles. The number of fused-ring (bicyclic) bond motifs is 1. The van der Waals surface area contributed by atoms with E-state index in [1.807, 2.05) is 0 Å². The van der Waals surface area contributed by atoms with E-state index in [0.717, 1.165) is 0 Å². The molecule has 1 aliphatic rings. The molecule has 1 aliphatic heterocycles. The zero-order valence-electron chi connectivity index (χ0n) is 10.4. The van der Waals surface area contributed by atoms with Crippen LogP contribution in [0.5, 0.6) is 5.75 Å². The Morgan fingerprint density at radius 2 is 2.25 bits per heavy atom. The minimum atomic E-state index is -1.45. The second-order valence-corrected chi connectivity index (χ2v) is 5.02. The second kappa shape index (κ2) is 5.18. The van der Waals surface area contributed by atoms with E-state index >= 15 is 0 Å². The average Bonchev–Trinajstić information content (AvgIpc) is 2.78. The van der Waals surface area contributed by atoms with Crippen molar-refractivity contribution < 1.29 is 23.2 Å². The average molecular weight is 302 g/mol. The van der Waals surface area contributed by atoms with Crippen LogP contribution in [-0.2, 0) is 11.3 Å². The maximum Gasteiger partial charge on any atom is 0.493 e. The van der Waals surface area contributed by atoms with Gasteiger partial charge in [0.25, 0.3) is 0 Å². The van der Waals surface area contributed by atoms with Crippen LogP contribution in [0.4, 0.5) is 8.78 Å². The van der Waals surface area contributed by atoms with E-state index in [4.69, 9.17) is 32.0 Å². The van der Waals surface area contributed by atoms with Gasteiger partial charge >= 0.3 is 7.12 Å². The lowest BCUT2D eigenvalue weighted by Gasteiger charge is -2.18. The zero-order valence-corrected chi connectivity index (χ0v) is 11.2. The summed E-state index contributed by atoms with van der Waals surface area (Å²) in [5, 5.41) is 18.0. The molecule has 20 heavy (non-hydrogen) atoms. The van der Waals surface area contributed by atoms with Crippen molar-refractivity contribution >= 4 is 24.2 Å². The van der Waals surface area contributed by atoms with E-state index in [0.29, 0.717) is 0 Å². The van der Waals surface area contributed by atoms with Crippen LogP contribution >= 0.6 is 11.6 Å². The first-order valence-corrected chi connectivity index (χ1v) is 5.98. The van der Waals surface area contributed by atoms with Gasteiger partial charge in [-0.05, 0) is 6.92 Å². The monoisotopic (exact) mass is 302 g/mol. The molecule has 5 nitrogen and oxygen atoms in total. The molecule has 1 aromatic carbocycles. The van der Waals surface area contributed by atoms with Crippen LogP contribution in [-0.4, -0.2) is 24.3 Å². The maximum absolute atomic E-state index is 13.9. The first-order chi connectivity index (χ1) is 9.28. The van der Waals surface area contributed by atoms with Gasteiger partial charge in [-0.2, -0.15) is 9.65 Å². The molecule has 9 heteroatoms. The lowest BCUT2D eigenvalue weighted by Crippen LogP contribution is -2.41. The molecule has 0 aliphatic carbocycles. The quantitative estimate of drug-likeness (QED) is 0.625. The summed E-state index contributed by atoms with van der Waals surface area (Å²) in [6, 6.07) is 1.75. The van der Waals surface area contributed by atoms with Crippen LogP contribution in [0.3, 0.4) is 0 Å². The van der Waals surface area contributed by atoms with E-state index in [9.17, 15) is 13.8 Å². The van der Waals surface area contributed by atoms with Gasteiger partial charge in [0, 0.05) is 11.0 Å². The van der Waals surface area contributed by atoms with E-state index < -0.39 is 36.6 Å². The molecule has 106 valence electrons. The first-order valence-electron chi connectivity index (χ1n) is 5.60. The van der Waals surface area contributed by atoms with E-state index in [1.54, 1.807) is 6.07 Å². The van der Waals surface area contributed by atoms with Gasteiger partial charge in [0.2, 0.25) is 5.82 Å². The Kier molecular flexibility index (Phi) is 3.89. The van der Waals surface area contributed by atoms with Crippen LogP contribution < -0.4 is 15.9 Å². The van der Waals surface area contributed by atoms with Crippen molar-refractivity contribution in [3.63, 3.8) is 0 Å². The zero-order chi connectivity index (χ0) is 15.1. The summed E-state index contributed by atoms with van der Waals surface area (Å²) >= 11 is 5.90. The highest BCUT2D eigenvalue weighted by molar-refractivity contribution is 6.65. The van der Waals surface area contributed by atoms with Crippen molar-refractivity contribution in [2.24, 2.45) is 5.73 Å². The number of nitrogens with zero attached hydrogens (tertiary/aromatic N) is 1. The molecule has 1 aromatic rings. The summed E-state index contributed by atoms with van der Waals surface area (Å²) in [4.78, 5) is 0. The normalized spacial score (nSPS) is 16.6. The van der Waals surface area contributed by atoms with E-state index in [-0.39, 0.29) is 22.7 Å². The van der Waals surface area contributed by atoms with Crippen LogP contribution in [0.1, 0.15) is 12.5 Å². The summed E-state index contributed by atoms with van der Waals surface area (Å²) in [5.41, 5.74) is 3.91. The van der Waals surface area contributed by atoms with Gasteiger partial charge in [0.1, 0.15) is 12.1 Å². The molecule has 0 saturated carbocycles. The summed E-state index contributed by atoms with van der Waals surface area (Å²) < 4.78 is 37.5. The SMILES string of the molecule is C[C@@](N)(C#N)COc1c(F)c(F)c2c(c1Cl)B(O)OC2. The fourth-order valence-corrected chi connectivity index (χ4v) is 2.07. The van der Waals surface area contributed by atoms with Gasteiger partial charge in [0.15, 0.2) is 11.6 Å². The third-order valence-electron chi connectivity index (χ3n) is 2.82. The van der Waals surface area contributed by atoms with Crippen molar-refractivity contribution in [2.75, 3.05) is 6.61 Å².